The molecule has 0 aliphatic heterocycles. The van der Waals surface area contributed by atoms with Gasteiger partial charge in [0.2, 0.25) is 0 Å². The molecule has 0 fully saturated rings. The Balaban J connectivity index is 2.41. The molecular formula is C10H14BrNO3. The molecule has 4 N–H and O–H groups in total. The molecule has 84 valence electrons. The Labute approximate surface area is 96.7 Å². The lowest BCUT2D eigenvalue weighted by atomic mass is 10.2. The Bertz CT molecular complexity index is 320. The van der Waals surface area contributed by atoms with Gasteiger partial charge in [-0.25, -0.2) is 0 Å². The van der Waals surface area contributed by atoms with E-state index in [1.54, 1.807) is 18.2 Å². The molecule has 0 aliphatic rings. The van der Waals surface area contributed by atoms with Crippen molar-refractivity contribution >= 4 is 15.9 Å². The second-order valence-electron chi connectivity index (χ2n) is 3.25. The van der Waals surface area contributed by atoms with Gasteiger partial charge in [-0.05, 0) is 33.6 Å². The summed E-state index contributed by atoms with van der Waals surface area (Å²) in [6.07, 6.45) is -0.731. The third-order valence-electron chi connectivity index (χ3n) is 1.93. The molecule has 0 unspecified atom stereocenters. The number of aliphatic hydroxyl groups excluding tert-OH is 2. The molecule has 0 saturated heterocycles. The maximum atomic E-state index is 9.26. The molecule has 0 aliphatic carbocycles. The number of phenols is 1. The first-order valence-corrected chi connectivity index (χ1v) is 5.40. The van der Waals surface area contributed by atoms with Crippen molar-refractivity contribution in [2.24, 2.45) is 0 Å². The fraction of sp³-hybridized carbons (Fsp3) is 0.400. The molecule has 1 atom stereocenters. The fourth-order valence-corrected chi connectivity index (χ4v) is 1.53. The number of halogens is 1. The van der Waals surface area contributed by atoms with Gasteiger partial charge in [-0.3, -0.25) is 0 Å². The highest BCUT2D eigenvalue weighted by molar-refractivity contribution is 9.10. The van der Waals surface area contributed by atoms with Gasteiger partial charge in [-0.2, -0.15) is 0 Å². The zero-order chi connectivity index (χ0) is 11.3. The van der Waals surface area contributed by atoms with Gasteiger partial charge in [-0.1, -0.05) is 6.07 Å². The number of hydrogen-bond acceptors (Lipinski definition) is 4. The van der Waals surface area contributed by atoms with Crippen molar-refractivity contribution in [2.75, 3.05) is 13.2 Å². The fourth-order valence-electron chi connectivity index (χ4n) is 1.11. The van der Waals surface area contributed by atoms with Crippen molar-refractivity contribution < 1.29 is 15.3 Å². The standard InChI is InChI=1S/C10H14BrNO3/c11-9-3-7(1-2-10(9)15)4-12-5-8(14)6-13/h1-3,8,12-15H,4-6H2/t8-/m1/s1. The van der Waals surface area contributed by atoms with Crippen LogP contribution >= 0.6 is 15.9 Å². The molecular weight excluding hydrogens is 262 g/mol. The normalized spacial score (nSPS) is 12.7. The molecule has 1 aromatic rings. The van der Waals surface area contributed by atoms with Crippen LogP contribution in [-0.4, -0.2) is 34.6 Å². The zero-order valence-corrected chi connectivity index (χ0v) is 9.74. The highest BCUT2D eigenvalue weighted by Gasteiger charge is 2.02. The van der Waals surface area contributed by atoms with Crippen LogP contribution in [-0.2, 0) is 6.54 Å². The molecule has 0 aromatic heterocycles. The number of rotatable bonds is 5. The Morgan fingerprint density at radius 3 is 2.73 bits per heavy atom. The van der Waals surface area contributed by atoms with E-state index in [4.69, 9.17) is 10.2 Å². The van der Waals surface area contributed by atoms with Crippen molar-refractivity contribution in [3.05, 3.63) is 28.2 Å². The van der Waals surface area contributed by atoms with Crippen molar-refractivity contribution in [1.82, 2.24) is 5.32 Å². The lowest BCUT2D eigenvalue weighted by Crippen LogP contribution is -2.28. The van der Waals surface area contributed by atoms with E-state index in [1.165, 1.54) is 0 Å². The lowest BCUT2D eigenvalue weighted by Gasteiger charge is -2.09. The average Bonchev–Trinajstić information content (AvgIpc) is 2.23. The zero-order valence-electron chi connectivity index (χ0n) is 8.15. The summed E-state index contributed by atoms with van der Waals surface area (Å²) in [6, 6.07) is 5.19. The van der Waals surface area contributed by atoms with Crippen molar-refractivity contribution in [2.45, 2.75) is 12.6 Å². The predicted molar refractivity (Wildman–Crippen MR) is 60.6 cm³/mol. The molecule has 15 heavy (non-hydrogen) atoms. The van der Waals surface area contributed by atoms with Crippen LogP contribution in [0.1, 0.15) is 5.56 Å². The molecule has 1 aromatic carbocycles. The molecule has 0 radical (unpaired) electrons. The van der Waals surface area contributed by atoms with Crippen molar-refractivity contribution in [3.8, 4) is 5.75 Å². The van der Waals surface area contributed by atoms with Crippen molar-refractivity contribution in [1.29, 1.82) is 0 Å². The first-order chi connectivity index (χ1) is 7.13. The Morgan fingerprint density at radius 1 is 1.40 bits per heavy atom. The molecule has 1 rings (SSSR count). The smallest absolute Gasteiger partial charge is 0.129 e. The van der Waals surface area contributed by atoms with Gasteiger partial charge >= 0.3 is 0 Å². The quantitative estimate of drug-likeness (QED) is 0.635. The molecule has 5 heteroatoms. The minimum atomic E-state index is -0.731. The molecule has 0 saturated carbocycles. The summed E-state index contributed by atoms with van der Waals surface area (Å²) in [7, 11) is 0. The van der Waals surface area contributed by atoms with Gasteiger partial charge in [-0.15, -0.1) is 0 Å². The van der Waals surface area contributed by atoms with E-state index < -0.39 is 6.10 Å². The van der Waals surface area contributed by atoms with Crippen LogP contribution in [0.25, 0.3) is 0 Å². The van der Waals surface area contributed by atoms with Crippen LogP contribution in [0, 0.1) is 0 Å². The maximum Gasteiger partial charge on any atom is 0.129 e. The second-order valence-corrected chi connectivity index (χ2v) is 4.11. The lowest BCUT2D eigenvalue weighted by molar-refractivity contribution is 0.0942. The van der Waals surface area contributed by atoms with Crippen LogP contribution < -0.4 is 5.32 Å². The SMILES string of the molecule is OC[C@H](O)CNCc1ccc(O)c(Br)c1. The first-order valence-electron chi connectivity index (χ1n) is 4.60. The molecule has 0 amide bonds. The average molecular weight is 276 g/mol. The van der Waals surface area contributed by atoms with Gasteiger partial charge in [0.05, 0.1) is 17.2 Å². The summed E-state index contributed by atoms with van der Waals surface area (Å²) in [4.78, 5) is 0. The number of aromatic hydroxyl groups is 1. The maximum absolute atomic E-state index is 9.26. The molecule has 0 heterocycles. The van der Waals surface area contributed by atoms with Gasteiger partial charge in [0.15, 0.2) is 0 Å². The van der Waals surface area contributed by atoms with Crippen LogP contribution in [0.5, 0.6) is 5.75 Å². The molecule has 4 nitrogen and oxygen atoms in total. The number of hydrogen-bond donors (Lipinski definition) is 4. The topological polar surface area (TPSA) is 72.7 Å². The largest absolute Gasteiger partial charge is 0.507 e. The minimum Gasteiger partial charge on any atom is -0.507 e. The van der Waals surface area contributed by atoms with E-state index in [0.717, 1.165) is 5.56 Å². The monoisotopic (exact) mass is 275 g/mol. The van der Waals surface area contributed by atoms with E-state index in [9.17, 15) is 5.11 Å². The third-order valence-corrected chi connectivity index (χ3v) is 2.57. The summed E-state index contributed by atoms with van der Waals surface area (Å²) in [5.41, 5.74) is 0.991. The van der Waals surface area contributed by atoms with E-state index in [2.05, 4.69) is 21.2 Å². The Kier molecular flexibility index (Phi) is 5.04. The van der Waals surface area contributed by atoms with Gasteiger partial charge in [0.25, 0.3) is 0 Å². The summed E-state index contributed by atoms with van der Waals surface area (Å²) < 4.78 is 0.643. The van der Waals surface area contributed by atoms with Crippen molar-refractivity contribution in [3.63, 3.8) is 0 Å². The third kappa shape index (κ3) is 4.17. The van der Waals surface area contributed by atoms with Gasteiger partial charge < -0.3 is 20.6 Å². The number of phenolic OH excluding ortho intramolecular Hbond substituents is 1. The summed E-state index contributed by atoms with van der Waals surface area (Å²) in [6.45, 7) is 0.678. The van der Waals surface area contributed by atoms with E-state index >= 15 is 0 Å². The number of benzene rings is 1. The molecule has 0 spiro atoms. The van der Waals surface area contributed by atoms with Crippen LogP contribution in [0.4, 0.5) is 0 Å². The number of nitrogens with one attached hydrogen (secondary N) is 1. The van der Waals surface area contributed by atoms with Gasteiger partial charge in [0.1, 0.15) is 5.75 Å². The predicted octanol–water partition coefficient (Wildman–Crippen LogP) is 0.597. The van der Waals surface area contributed by atoms with Crippen LogP contribution in [0.2, 0.25) is 0 Å². The van der Waals surface area contributed by atoms with E-state index in [-0.39, 0.29) is 12.4 Å². The summed E-state index contributed by atoms with van der Waals surface area (Å²) in [5.74, 6) is 0.203. The molecule has 0 bridgehead atoms. The van der Waals surface area contributed by atoms with E-state index in [0.29, 0.717) is 17.6 Å². The number of aliphatic hydroxyl groups is 2. The van der Waals surface area contributed by atoms with E-state index in [1.807, 2.05) is 0 Å². The highest BCUT2D eigenvalue weighted by Crippen LogP contribution is 2.23. The summed E-state index contributed by atoms with van der Waals surface area (Å²) >= 11 is 3.21. The minimum absolute atomic E-state index is 0.203. The van der Waals surface area contributed by atoms with Crippen LogP contribution in [0.3, 0.4) is 0 Å². The highest BCUT2D eigenvalue weighted by atomic mass is 79.9. The van der Waals surface area contributed by atoms with Crippen LogP contribution in [0.15, 0.2) is 22.7 Å². The first kappa shape index (κ1) is 12.4. The Morgan fingerprint density at radius 2 is 2.13 bits per heavy atom. The summed E-state index contributed by atoms with van der Waals surface area (Å²) in [5, 5.41) is 29.9. The Hall–Kier alpha value is -0.620. The van der Waals surface area contributed by atoms with Gasteiger partial charge in [0, 0.05) is 13.1 Å². The second kappa shape index (κ2) is 6.07.